The van der Waals surface area contributed by atoms with Gasteiger partial charge in [0.05, 0.1) is 6.21 Å². The topological polar surface area (TPSA) is 59.9 Å². The molecule has 152 valence electrons. The molecule has 6 heteroatoms. The van der Waals surface area contributed by atoms with Crippen molar-refractivity contribution in [1.29, 1.82) is 0 Å². The van der Waals surface area contributed by atoms with E-state index in [0.717, 1.165) is 15.6 Å². The van der Waals surface area contributed by atoms with Crippen molar-refractivity contribution in [3.63, 3.8) is 0 Å². The van der Waals surface area contributed by atoms with Gasteiger partial charge in [-0.3, -0.25) is 4.79 Å². The molecule has 0 unspecified atom stereocenters. The molecule has 0 aliphatic carbocycles. The molecule has 0 aliphatic rings. The Bertz CT molecular complexity index is 1020. The van der Waals surface area contributed by atoms with Crippen LogP contribution >= 0.6 is 15.9 Å². The second-order valence-corrected chi connectivity index (χ2v) is 7.20. The molecule has 0 spiro atoms. The first-order valence-corrected chi connectivity index (χ1v) is 10.1. The van der Waals surface area contributed by atoms with Crippen molar-refractivity contribution in [2.45, 2.75) is 6.61 Å². The summed E-state index contributed by atoms with van der Waals surface area (Å²) in [5.41, 5.74) is 4.82. The molecule has 0 heterocycles. The molecular formula is C24H21BrN2O3. The Labute approximate surface area is 184 Å². The number of nitrogens with zero attached hydrogens (tertiary/aromatic N) is 1. The molecule has 1 N–H and O–H groups in total. The molecule has 30 heavy (non-hydrogen) atoms. The Hall–Kier alpha value is -3.38. The Morgan fingerprint density at radius 3 is 2.53 bits per heavy atom. The van der Waals surface area contributed by atoms with Gasteiger partial charge in [-0.1, -0.05) is 58.9 Å². The third-order valence-electron chi connectivity index (χ3n) is 4.06. The normalized spacial score (nSPS) is 10.6. The number of hydrazone groups is 1. The van der Waals surface area contributed by atoms with Crippen molar-refractivity contribution in [3.8, 4) is 11.5 Å². The fraction of sp³-hybridized carbons (Fsp3) is 0.0833. The van der Waals surface area contributed by atoms with Gasteiger partial charge >= 0.3 is 0 Å². The van der Waals surface area contributed by atoms with E-state index in [1.54, 1.807) is 36.6 Å². The summed E-state index contributed by atoms with van der Waals surface area (Å²) in [6.45, 7) is 4.50. The highest BCUT2D eigenvalue weighted by Crippen LogP contribution is 2.22. The first-order valence-electron chi connectivity index (χ1n) is 9.29. The summed E-state index contributed by atoms with van der Waals surface area (Å²) in [5.74, 6) is 1.03. The predicted octanol–water partition coefficient (Wildman–Crippen LogP) is 5.36. The highest BCUT2D eigenvalue weighted by atomic mass is 79.9. The number of halogens is 1. The lowest BCUT2D eigenvalue weighted by molar-refractivity contribution is 0.0955. The number of carbonyl (C=O) groups excluding carboxylic acids is 1. The Morgan fingerprint density at radius 1 is 1.03 bits per heavy atom. The number of carbonyl (C=O) groups is 1. The van der Waals surface area contributed by atoms with E-state index in [1.165, 1.54) is 0 Å². The molecule has 0 bridgehead atoms. The maximum atomic E-state index is 12.3. The molecule has 0 saturated carbocycles. The Kier molecular flexibility index (Phi) is 7.80. The lowest BCUT2D eigenvalue weighted by Gasteiger charge is -2.08. The number of hydrogen-bond acceptors (Lipinski definition) is 4. The SMILES string of the molecule is C=CCOc1ccc(Br)cc1C=NNC(=O)c1ccc(OCc2ccccc2)cc1. The number of benzene rings is 3. The van der Waals surface area contributed by atoms with Crippen LogP contribution in [0.4, 0.5) is 0 Å². The summed E-state index contributed by atoms with van der Waals surface area (Å²) in [7, 11) is 0. The highest BCUT2D eigenvalue weighted by Gasteiger charge is 2.06. The molecule has 3 rings (SSSR count). The minimum absolute atomic E-state index is 0.315. The van der Waals surface area contributed by atoms with Crippen LogP contribution in [-0.2, 0) is 6.61 Å². The first-order chi connectivity index (χ1) is 14.7. The van der Waals surface area contributed by atoms with E-state index in [2.05, 4.69) is 33.0 Å². The summed E-state index contributed by atoms with van der Waals surface area (Å²) in [6.07, 6.45) is 3.20. The maximum absolute atomic E-state index is 12.3. The minimum atomic E-state index is -0.315. The first kappa shape index (κ1) is 21.3. The molecule has 0 atom stereocenters. The fourth-order valence-electron chi connectivity index (χ4n) is 2.57. The second kappa shape index (κ2) is 11.0. The zero-order valence-corrected chi connectivity index (χ0v) is 17.8. The molecule has 0 radical (unpaired) electrons. The van der Waals surface area contributed by atoms with Crippen LogP contribution in [0.15, 0.2) is 95.0 Å². The molecule has 0 fully saturated rings. The van der Waals surface area contributed by atoms with Crippen LogP contribution in [0.5, 0.6) is 11.5 Å². The lowest BCUT2D eigenvalue weighted by atomic mass is 10.2. The van der Waals surface area contributed by atoms with Crippen LogP contribution in [0.25, 0.3) is 0 Å². The predicted molar refractivity (Wildman–Crippen MR) is 122 cm³/mol. The van der Waals surface area contributed by atoms with E-state index in [4.69, 9.17) is 9.47 Å². The van der Waals surface area contributed by atoms with Crippen molar-refractivity contribution in [1.82, 2.24) is 5.43 Å². The van der Waals surface area contributed by atoms with Crippen LogP contribution in [0.2, 0.25) is 0 Å². The molecule has 5 nitrogen and oxygen atoms in total. The summed E-state index contributed by atoms with van der Waals surface area (Å²) in [6, 6.07) is 22.4. The zero-order chi connectivity index (χ0) is 21.2. The summed E-state index contributed by atoms with van der Waals surface area (Å²) >= 11 is 3.42. The van der Waals surface area contributed by atoms with Gasteiger partial charge in [-0.25, -0.2) is 5.43 Å². The van der Waals surface area contributed by atoms with Crippen LogP contribution < -0.4 is 14.9 Å². The summed E-state index contributed by atoms with van der Waals surface area (Å²) in [5, 5.41) is 4.04. The van der Waals surface area contributed by atoms with E-state index in [1.807, 2.05) is 48.5 Å². The zero-order valence-electron chi connectivity index (χ0n) is 16.3. The van der Waals surface area contributed by atoms with E-state index < -0.39 is 0 Å². The highest BCUT2D eigenvalue weighted by molar-refractivity contribution is 9.10. The molecule has 0 aromatic heterocycles. The molecule has 0 saturated heterocycles. The third-order valence-corrected chi connectivity index (χ3v) is 4.56. The maximum Gasteiger partial charge on any atom is 0.271 e. The third kappa shape index (κ3) is 6.32. The van der Waals surface area contributed by atoms with E-state index in [0.29, 0.717) is 30.3 Å². The van der Waals surface area contributed by atoms with Crippen molar-refractivity contribution < 1.29 is 14.3 Å². The molecular weight excluding hydrogens is 444 g/mol. The molecule has 3 aromatic rings. The second-order valence-electron chi connectivity index (χ2n) is 6.28. The minimum Gasteiger partial charge on any atom is -0.489 e. The number of nitrogens with one attached hydrogen (secondary N) is 1. The number of hydrogen-bond donors (Lipinski definition) is 1. The molecule has 0 aliphatic heterocycles. The average molecular weight is 465 g/mol. The van der Waals surface area contributed by atoms with Crippen molar-refractivity contribution in [2.75, 3.05) is 6.61 Å². The van der Waals surface area contributed by atoms with Gasteiger partial charge in [0.1, 0.15) is 24.7 Å². The van der Waals surface area contributed by atoms with Crippen LogP contribution in [0.1, 0.15) is 21.5 Å². The fourth-order valence-corrected chi connectivity index (χ4v) is 2.95. The van der Waals surface area contributed by atoms with Gasteiger partial charge in [-0.15, -0.1) is 0 Å². The van der Waals surface area contributed by atoms with Gasteiger partial charge < -0.3 is 9.47 Å². The van der Waals surface area contributed by atoms with E-state index in [9.17, 15) is 4.79 Å². The van der Waals surface area contributed by atoms with Crippen LogP contribution in [0, 0.1) is 0 Å². The van der Waals surface area contributed by atoms with Gasteiger partial charge in [-0.2, -0.15) is 5.10 Å². The van der Waals surface area contributed by atoms with Gasteiger partial charge in [0.2, 0.25) is 0 Å². The van der Waals surface area contributed by atoms with Crippen molar-refractivity contribution in [2.24, 2.45) is 5.10 Å². The smallest absolute Gasteiger partial charge is 0.271 e. The van der Waals surface area contributed by atoms with E-state index in [-0.39, 0.29) is 5.91 Å². The quantitative estimate of drug-likeness (QED) is 0.263. The van der Waals surface area contributed by atoms with Crippen molar-refractivity contribution in [3.05, 3.63) is 107 Å². The number of amides is 1. The van der Waals surface area contributed by atoms with Gasteiger partial charge in [0.25, 0.3) is 5.91 Å². The Balaban J connectivity index is 1.57. The number of ether oxygens (including phenoxy) is 2. The van der Waals surface area contributed by atoms with Gasteiger partial charge in [0, 0.05) is 15.6 Å². The number of rotatable bonds is 9. The average Bonchev–Trinajstić information content (AvgIpc) is 2.78. The monoisotopic (exact) mass is 464 g/mol. The van der Waals surface area contributed by atoms with Crippen LogP contribution in [-0.4, -0.2) is 18.7 Å². The van der Waals surface area contributed by atoms with Gasteiger partial charge in [0.15, 0.2) is 0 Å². The summed E-state index contributed by atoms with van der Waals surface area (Å²) < 4.78 is 12.2. The van der Waals surface area contributed by atoms with Crippen molar-refractivity contribution >= 4 is 28.1 Å². The largest absolute Gasteiger partial charge is 0.489 e. The lowest BCUT2D eigenvalue weighted by Crippen LogP contribution is -2.17. The van der Waals surface area contributed by atoms with Crippen LogP contribution in [0.3, 0.4) is 0 Å². The summed E-state index contributed by atoms with van der Waals surface area (Å²) in [4.78, 5) is 12.3. The molecule has 1 amide bonds. The standard InChI is InChI=1S/C24H21BrN2O3/c1-2-14-29-23-13-10-21(25)15-20(23)16-26-27-24(28)19-8-11-22(12-9-19)30-17-18-6-4-3-5-7-18/h2-13,15-16H,1,14,17H2,(H,27,28). The molecule has 3 aromatic carbocycles. The van der Waals surface area contributed by atoms with E-state index >= 15 is 0 Å². The Morgan fingerprint density at radius 2 is 1.80 bits per heavy atom. The van der Waals surface area contributed by atoms with Gasteiger partial charge in [-0.05, 0) is 48.0 Å².